The second kappa shape index (κ2) is 20.8. The highest BCUT2D eigenvalue weighted by atomic mass is 28.4. The fourth-order valence-corrected chi connectivity index (χ4v) is 7.25. The molecular formula is C42H63N3O7Si. The van der Waals surface area contributed by atoms with Crippen molar-refractivity contribution in [2.75, 3.05) is 19.7 Å². The Kier molecular flexibility index (Phi) is 17.2. The number of ether oxygens (including phenoxy) is 1. The molecule has 3 rings (SSSR count). The molecule has 0 bridgehead atoms. The first kappa shape index (κ1) is 43.9. The van der Waals surface area contributed by atoms with Crippen molar-refractivity contribution in [3.8, 4) is 0 Å². The fourth-order valence-electron chi connectivity index (χ4n) is 6.47. The Hall–Kier alpha value is -3.51. The van der Waals surface area contributed by atoms with Gasteiger partial charge >= 0.3 is 0 Å². The van der Waals surface area contributed by atoms with Crippen LogP contribution in [0, 0.1) is 23.7 Å². The maximum atomic E-state index is 14.2. The first-order valence-electron chi connectivity index (χ1n) is 19.3. The summed E-state index contributed by atoms with van der Waals surface area (Å²) in [6.07, 6.45) is 2.00. The number of Topliss-reactive ketones (excluding diaryl/α,β-unsaturated/α-hetero) is 3. The van der Waals surface area contributed by atoms with Gasteiger partial charge in [0.1, 0.15) is 11.4 Å². The molecule has 2 aromatic carbocycles. The number of carbonyl (C=O) groups is 5. The molecule has 2 amide bonds. The number of aryl methyl sites for hydroxylation is 1. The number of amides is 2. The number of hydrogen-bond donors (Lipinski definition) is 4. The average Bonchev–Trinajstić information content (AvgIpc) is 3.85. The molecule has 1 fully saturated rings. The van der Waals surface area contributed by atoms with Gasteiger partial charge in [0.2, 0.25) is 11.8 Å². The van der Waals surface area contributed by atoms with E-state index in [0.29, 0.717) is 44.9 Å². The summed E-state index contributed by atoms with van der Waals surface area (Å²) < 4.78 is 5.42. The third-order valence-corrected chi connectivity index (χ3v) is 11.2. The van der Waals surface area contributed by atoms with Gasteiger partial charge in [0, 0.05) is 24.7 Å². The van der Waals surface area contributed by atoms with Crippen LogP contribution in [-0.2, 0) is 41.6 Å². The summed E-state index contributed by atoms with van der Waals surface area (Å²) in [7, 11) is -2.25. The van der Waals surface area contributed by atoms with Crippen LogP contribution in [0.25, 0.3) is 0 Å². The topological polar surface area (TPSA) is 154 Å². The summed E-state index contributed by atoms with van der Waals surface area (Å²) >= 11 is 0. The summed E-state index contributed by atoms with van der Waals surface area (Å²) in [6, 6.07) is 18.2. The van der Waals surface area contributed by atoms with Gasteiger partial charge in [-0.05, 0) is 87.7 Å². The maximum absolute atomic E-state index is 14.2. The van der Waals surface area contributed by atoms with Crippen LogP contribution in [0.2, 0.25) is 19.1 Å². The Morgan fingerprint density at radius 3 is 1.87 bits per heavy atom. The number of carbonyl (C=O) groups excluding carboxylic acids is 5. The van der Waals surface area contributed by atoms with Crippen molar-refractivity contribution in [3.05, 3.63) is 71.8 Å². The second-order valence-corrected chi connectivity index (χ2v) is 20.7. The Labute approximate surface area is 317 Å². The van der Waals surface area contributed by atoms with E-state index in [9.17, 15) is 28.8 Å². The Balaban J connectivity index is 1.80. The number of ketones is 3. The monoisotopic (exact) mass is 749 g/mol. The van der Waals surface area contributed by atoms with E-state index in [4.69, 9.17) is 4.74 Å². The van der Waals surface area contributed by atoms with E-state index < -0.39 is 37.8 Å². The van der Waals surface area contributed by atoms with Crippen LogP contribution in [0.3, 0.4) is 0 Å². The minimum atomic E-state index is -2.25. The van der Waals surface area contributed by atoms with E-state index in [1.807, 2.05) is 101 Å². The van der Waals surface area contributed by atoms with Crippen LogP contribution in [0.4, 0.5) is 0 Å². The molecule has 5 atom stereocenters. The number of rotatable bonds is 25. The number of epoxide rings is 1. The van der Waals surface area contributed by atoms with Gasteiger partial charge in [0.25, 0.3) is 0 Å². The molecule has 1 saturated heterocycles. The van der Waals surface area contributed by atoms with Crippen LogP contribution >= 0.6 is 0 Å². The van der Waals surface area contributed by atoms with Crippen molar-refractivity contribution >= 4 is 37.5 Å². The van der Waals surface area contributed by atoms with E-state index in [0.717, 1.165) is 11.1 Å². The zero-order valence-electron chi connectivity index (χ0n) is 32.9. The van der Waals surface area contributed by atoms with E-state index in [1.165, 1.54) is 0 Å². The summed E-state index contributed by atoms with van der Waals surface area (Å²) in [4.78, 5) is 78.8. The van der Waals surface area contributed by atoms with Crippen LogP contribution in [0.1, 0.15) is 77.8 Å². The molecule has 1 aliphatic heterocycles. The lowest BCUT2D eigenvalue weighted by atomic mass is 9.87. The highest BCUT2D eigenvalue weighted by Gasteiger charge is 2.50. The molecule has 0 spiro atoms. The fraction of sp³-hybridized carbons (Fsp3) is 0.595. The third-order valence-electron chi connectivity index (χ3n) is 9.70. The van der Waals surface area contributed by atoms with E-state index in [1.54, 1.807) is 6.92 Å². The van der Waals surface area contributed by atoms with Gasteiger partial charge in [-0.3, -0.25) is 24.0 Å². The quantitative estimate of drug-likeness (QED) is 0.0613. The van der Waals surface area contributed by atoms with E-state index >= 15 is 0 Å². The average molecular weight is 750 g/mol. The molecular weight excluding hydrogens is 687 g/mol. The smallest absolute Gasteiger partial charge is 0.224 e. The predicted octanol–water partition coefficient (Wildman–Crippen LogP) is 5.22. The summed E-state index contributed by atoms with van der Waals surface area (Å²) in [5.74, 6) is -2.53. The largest absolute Gasteiger partial charge is 0.432 e. The zero-order valence-corrected chi connectivity index (χ0v) is 33.9. The van der Waals surface area contributed by atoms with Gasteiger partial charge < -0.3 is 25.5 Å². The number of hydrogen-bond acceptors (Lipinski definition) is 8. The van der Waals surface area contributed by atoms with Crippen molar-refractivity contribution in [1.29, 1.82) is 0 Å². The molecule has 0 aliphatic carbocycles. The van der Waals surface area contributed by atoms with E-state index in [-0.39, 0.29) is 66.8 Å². The van der Waals surface area contributed by atoms with Gasteiger partial charge in [0.15, 0.2) is 19.9 Å². The van der Waals surface area contributed by atoms with Gasteiger partial charge in [-0.2, -0.15) is 0 Å². The molecule has 53 heavy (non-hydrogen) atoms. The first-order chi connectivity index (χ1) is 25.0. The third kappa shape index (κ3) is 16.2. The molecule has 1 heterocycles. The Bertz CT molecular complexity index is 1490. The maximum Gasteiger partial charge on any atom is 0.224 e. The first-order valence-corrected chi connectivity index (χ1v) is 22.5. The Morgan fingerprint density at radius 2 is 1.32 bits per heavy atom. The second-order valence-electron chi connectivity index (χ2n) is 16.5. The highest BCUT2D eigenvalue weighted by molar-refractivity contribution is 6.69. The molecule has 0 aromatic heterocycles. The molecule has 0 unspecified atom stereocenters. The van der Waals surface area contributed by atoms with Crippen molar-refractivity contribution in [2.45, 2.75) is 116 Å². The molecule has 4 N–H and O–H groups in total. The van der Waals surface area contributed by atoms with Crippen LogP contribution in [-0.4, -0.2) is 79.7 Å². The van der Waals surface area contributed by atoms with Crippen molar-refractivity contribution < 1.29 is 33.5 Å². The zero-order chi connectivity index (χ0) is 39.2. The molecule has 11 heteroatoms. The van der Waals surface area contributed by atoms with E-state index in [2.05, 4.69) is 16.0 Å². The lowest BCUT2D eigenvalue weighted by Gasteiger charge is -2.27. The summed E-state index contributed by atoms with van der Waals surface area (Å²) in [5.41, 5.74) is 1.02. The number of nitrogens with one attached hydrogen (secondary N) is 3. The SMILES string of the molecule is CC(C)C[C@H](NC(=O)[C@H](CCc1ccccc1)CC(=O)CNCC[Si](C)(C)O)C(=O)C[C@@H](Cc1ccccc1)C(=O)N[C@@H](CC(C)C)C(=O)[C@@]1(C)CO1. The van der Waals surface area contributed by atoms with Crippen molar-refractivity contribution in [3.63, 3.8) is 0 Å². The van der Waals surface area contributed by atoms with Gasteiger partial charge in [-0.25, -0.2) is 0 Å². The summed E-state index contributed by atoms with van der Waals surface area (Å²) in [6.45, 7) is 14.3. The molecule has 1 aliphatic rings. The van der Waals surface area contributed by atoms with Crippen LogP contribution < -0.4 is 16.0 Å². The van der Waals surface area contributed by atoms with Gasteiger partial charge in [0.05, 0.1) is 25.2 Å². The normalized spacial score (nSPS) is 17.8. The standard InChI is InChI=1S/C42H63N3O7Si/c1-29(2)22-36(44-40(49)33(19-18-31-14-10-8-11-15-31)25-35(46)27-43-20-21-53(6,7)51)38(47)26-34(24-32-16-12-9-13-17-32)41(50)45-37(23-30(3)4)39(48)42(5)28-52-42/h8-17,29-30,33-34,36-37,43,51H,18-28H2,1-7H3,(H,44,49)(H,45,50)/t33-,34-,36+,37+,42-/m1/s1. The molecule has 0 saturated carbocycles. The molecule has 292 valence electrons. The minimum Gasteiger partial charge on any atom is -0.432 e. The van der Waals surface area contributed by atoms with Crippen molar-refractivity contribution in [1.82, 2.24) is 16.0 Å². The number of benzene rings is 2. The molecule has 2 aromatic rings. The van der Waals surface area contributed by atoms with Gasteiger partial charge in [-0.15, -0.1) is 0 Å². The lowest BCUT2D eigenvalue weighted by Crippen LogP contribution is -2.50. The Morgan fingerprint density at radius 1 is 0.792 bits per heavy atom. The molecule has 0 radical (unpaired) electrons. The highest BCUT2D eigenvalue weighted by Crippen LogP contribution is 2.30. The predicted molar refractivity (Wildman–Crippen MR) is 211 cm³/mol. The van der Waals surface area contributed by atoms with Crippen LogP contribution in [0.5, 0.6) is 0 Å². The minimum absolute atomic E-state index is 0.0150. The van der Waals surface area contributed by atoms with Crippen molar-refractivity contribution in [2.24, 2.45) is 23.7 Å². The molecule has 10 nitrogen and oxygen atoms in total. The van der Waals surface area contributed by atoms with Crippen LogP contribution in [0.15, 0.2) is 60.7 Å². The lowest BCUT2D eigenvalue weighted by molar-refractivity contribution is -0.135. The summed E-state index contributed by atoms with van der Waals surface area (Å²) in [5, 5.41) is 9.10. The van der Waals surface area contributed by atoms with Gasteiger partial charge in [-0.1, -0.05) is 88.4 Å².